The van der Waals surface area contributed by atoms with Gasteiger partial charge in [-0.15, -0.1) is 0 Å². The second-order valence-corrected chi connectivity index (χ2v) is 7.62. The summed E-state index contributed by atoms with van der Waals surface area (Å²) in [4.78, 5) is 30.0. The van der Waals surface area contributed by atoms with E-state index in [-0.39, 0.29) is 18.5 Å². The first kappa shape index (κ1) is 21.0. The lowest BCUT2D eigenvalue weighted by atomic mass is 10.0. The predicted octanol–water partition coefficient (Wildman–Crippen LogP) is 2.70. The van der Waals surface area contributed by atoms with Crippen molar-refractivity contribution in [3.63, 3.8) is 0 Å². The third kappa shape index (κ3) is 6.14. The Balaban J connectivity index is 1.61. The molecule has 1 amide bonds. The largest absolute Gasteiger partial charge is 0.480 e. The lowest BCUT2D eigenvalue weighted by Crippen LogP contribution is -2.48. The van der Waals surface area contributed by atoms with Gasteiger partial charge in [-0.1, -0.05) is 48.5 Å². The molecule has 0 unspecified atom stereocenters. The molecule has 1 fully saturated rings. The molecule has 0 bridgehead atoms. The number of hydrogen-bond donors (Lipinski definition) is 1. The van der Waals surface area contributed by atoms with Crippen molar-refractivity contribution in [2.24, 2.45) is 0 Å². The molecule has 1 heterocycles. The minimum Gasteiger partial charge on any atom is -0.480 e. The van der Waals surface area contributed by atoms with E-state index in [4.69, 9.17) is 5.11 Å². The van der Waals surface area contributed by atoms with Crippen LogP contribution in [0.3, 0.4) is 0 Å². The lowest BCUT2D eigenvalue weighted by molar-refractivity contribution is -0.138. The summed E-state index contributed by atoms with van der Waals surface area (Å²) in [5.74, 6) is -0.720. The first-order valence-corrected chi connectivity index (χ1v) is 10.1. The van der Waals surface area contributed by atoms with E-state index in [1.807, 2.05) is 77.5 Å². The van der Waals surface area contributed by atoms with Crippen molar-refractivity contribution in [1.29, 1.82) is 0 Å². The van der Waals surface area contributed by atoms with Crippen molar-refractivity contribution in [1.82, 2.24) is 9.80 Å². The van der Waals surface area contributed by atoms with E-state index in [1.54, 1.807) is 0 Å². The Morgan fingerprint density at radius 1 is 1.00 bits per heavy atom. The average Bonchev–Trinajstić information content (AvgIpc) is 2.73. The van der Waals surface area contributed by atoms with Crippen LogP contribution in [0.25, 0.3) is 0 Å². The number of para-hydroxylation sites is 1. The van der Waals surface area contributed by atoms with Gasteiger partial charge in [0, 0.05) is 24.8 Å². The number of likely N-dealkylation sites (tertiary alicyclic amines) is 1. The average molecular weight is 396 g/mol. The van der Waals surface area contributed by atoms with E-state index in [2.05, 4.69) is 4.90 Å². The van der Waals surface area contributed by atoms with Gasteiger partial charge in [0.2, 0.25) is 5.91 Å². The van der Waals surface area contributed by atoms with Gasteiger partial charge >= 0.3 is 5.97 Å². The second-order valence-electron chi connectivity index (χ2n) is 7.62. The molecule has 0 saturated carbocycles. The van der Waals surface area contributed by atoms with Gasteiger partial charge in [0.25, 0.3) is 0 Å². The number of nitrogens with zero attached hydrogens (tertiary/aromatic N) is 3. The number of benzene rings is 2. The molecule has 6 nitrogen and oxygen atoms in total. The van der Waals surface area contributed by atoms with Crippen LogP contribution in [0.2, 0.25) is 0 Å². The van der Waals surface area contributed by atoms with Crippen molar-refractivity contribution < 1.29 is 14.7 Å². The third-order valence-electron chi connectivity index (χ3n) is 5.48. The van der Waals surface area contributed by atoms with Crippen LogP contribution in [0.5, 0.6) is 0 Å². The molecule has 3 rings (SSSR count). The monoisotopic (exact) mass is 395 g/mol. The fourth-order valence-corrected chi connectivity index (χ4v) is 3.83. The SMILES string of the molecule is CN(CC(=O)O)C1CCN(CC(=O)N(Cc2ccccc2)c2ccccc2)CC1. The molecule has 6 heteroatoms. The molecule has 0 radical (unpaired) electrons. The molecule has 0 atom stereocenters. The van der Waals surface area contributed by atoms with Gasteiger partial charge in [0.15, 0.2) is 0 Å². The van der Waals surface area contributed by atoms with Gasteiger partial charge in [-0.25, -0.2) is 0 Å². The maximum atomic E-state index is 13.2. The zero-order chi connectivity index (χ0) is 20.6. The Morgan fingerprint density at radius 2 is 1.59 bits per heavy atom. The molecule has 2 aromatic carbocycles. The highest BCUT2D eigenvalue weighted by molar-refractivity contribution is 5.94. The molecular formula is C23H29N3O3. The van der Waals surface area contributed by atoms with Crippen LogP contribution in [-0.4, -0.2) is 66.1 Å². The number of carboxylic acids is 1. The number of anilines is 1. The smallest absolute Gasteiger partial charge is 0.317 e. The Hall–Kier alpha value is -2.70. The van der Waals surface area contributed by atoms with Crippen molar-refractivity contribution in [2.45, 2.75) is 25.4 Å². The highest BCUT2D eigenvalue weighted by atomic mass is 16.4. The maximum absolute atomic E-state index is 13.2. The Morgan fingerprint density at radius 3 is 2.17 bits per heavy atom. The van der Waals surface area contributed by atoms with Crippen LogP contribution >= 0.6 is 0 Å². The van der Waals surface area contributed by atoms with Crippen molar-refractivity contribution in [3.8, 4) is 0 Å². The molecular weight excluding hydrogens is 366 g/mol. The van der Waals surface area contributed by atoms with Gasteiger partial charge in [-0.2, -0.15) is 0 Å². The molecule has 0 aromatic heterocycles. The summed E-state index contributed by atoms with van der Waals surface area (Å²) in [5.41, 5.74) is 2.00. The zero-order valence-corrected chi connectivity index (χ0v) is 16.9. The summed E-state index contributed by atoms with van der Waals surface area (Å²) in [6.07, 6.45) is 1.75. The number of hydrogen-bond acceptors (Lipinski definition) is 4. The quantitative estimate of drug-likeness (QED) is 0.745. The number of carboxylic acid groups (broad SMARTS) is 1. The van der Waals surface area contributed by atoms with Gasteiger partial charge in [-0.3, -0.25) is 19.4 Å². The minimum atomic E-state index is -0.801. The number of likely N-dealkylation sites (N-methyl/N-ethyl adjacent to an activating group) is 1. The Bertz CT molecular complexity index is 790. The first-order valence-electron chi connectivity index (χ1n) is 10.1. The molecule has 29 heavy (non-hydrogen) atoms. The molecule has 0 aliphatic carbocycles. The van der Waals surface area contributed by atoms with Gasteiger partial charge in [0.1, 0.15) is 0 Å². The van der Waals surface area contributed by atoms with Crippen LogP contribution in [0, 0.1) is 0 Å². The molecule has 1 aliphatic heterocycles. The summed E-state index contributed by atoms with van der Waals surface area (Å²) in [7, 11) is 1.86. The van der Waals surface area contributed by atoms with Crippen molar-refractivity contribution in [2.75, 3.05) is 38.1 Å². The molecule has 2 aromatic rings. The molecule has 0 spiro atoms. The maximum Gasteiger partial charge on any atom is 0.317 e. The van der Waals surface area contributed by atoms with Gasteiger partial charge in [-0.05, 0) is 37.6 Å². The summed E-state index contributed by atoms with van der Waals surface area (Å²) in [6.45, 7) is 2.57. The summed E-state index contributed by atoms with van der Waals surface area (Å²) in [6, 6.07) is 20.1. The van der Waals surface area contributed by atoms with Crippen LogP contribution in [0.15, 0.2) is 60.7 Å². The number of piperidine rings is 1. The van der Waals surface area contributed by atoms with Crippen LogP contribution in [0.4, 0.5) is 5.69 Å². The van der Waals surface area contributed by atoms with E-state index in [0.717, 1.165) is 37.2 Å². The fraction of sp³-hybridized carbons (Fsp3) is 0.391. The van der Waals surface area contributed by atoms with E-state index in [1.165, 1.54) is 0 Å². The van der Waals surface area contributed by atoms with Crippen molar-refractivity contribution in [3.05, 3.63) is 66.2 Å². The molecule has 1 aliphatic rings. The Labute approximate surface area is 172 Å². The number of aliphatic carboxylic acids is 1. The summed E-state index contributed by atoms with van der Waals surface area (Å²) >= 11 is 0. The molecule has 1 saturated heterocycles. The van der Waals surface area contributed by atoms with E-state index < -0.39 is 5.97 Å². The number of carbonyl (C=O) groups is 2. The molecule has 154 valence electrons. The van der Waals surface area contributed by atoms with Gasteiger partial charge in [0.05, 0.1) is 19.6 Å². The zero-order valence-electron chi connectivity index (χ0n) is 16.9. The standard InChI is InChI=1S/C23H29N3O3/c1-24(18-23(28)29)20-12-14-25(15-13-20)17-22(27)26(21-10-6-3-7-11-21)16-19-8-4-2-5-9-19/h2-11,20H,12-18H2,1H3,(H,28,29). The highest BCUT2D eigenvalue weighted by Crippen LogP contribution is 2.19. The van der Waals surface area contributed by atoms with E-state index in [9.17, 15) is 9.59 Å². The number of carbonyl (C=O) groups excluding carboxylic acids is 1. The van der Waals surface area contributed by atoms with Crippen LogP contribution < -0.4 is 4.90 Å². The first-order chi connectivity index (χ1) is 14.0. The van der Waals surface area contributed by atoms with E-state index in [0.29, 0.717) is 13.1 Å². The Kier molecular flexibility index (Phi) is 7.38. The normalized spacial score (nSPS) is 15.4. The lowest BCUT2D eigenvalue weighted by Gasteiger charge is -2.36. The molecule has 1 N–H and O–H groups in total. The van der Waals surface area contributed by atoms with Crippen molar-refractivity contribution >= 4 is 17.6 Å². The van der Waals surface area contributed by atoms with Crippen LogP contribution in [0.1, 0.15) is 18.4 Å². The third-order valence-corrected chi connectivity index (χ3v) is 5.48. The fourth-order valence-electron chi connectivity index (χ4n) is 3.83. The topological polar surface area (TPSA) is 64.1 Å². The van der Waals surface area contributed by atoms with E-state index >= 15 is 0 Å². The summed E-state index contributed by atoms with van der Waals surface area (Å²) < 4.78 is 0. The van der Waals surface area contributed by atoms with Gasteiger partial charge < -0.3 is 10.0 Å². The predicted molar refractivity (Wildman–Crippen MR) is 114 cm³/mol. The minimum absolute atomic E-state index is 0.0580. The highest BCUT2D eigenvalue weighted by Gasteiger charge is 2.26. The second kappa shape index (κ2) is 10.2. The number of rotatable bonds is 8. The van der Waals surface area contributed by atoms with Crippen LogP contribution in [-0.2, 0) is 16.1 Å². The number of amides is 1. The summed E-state index contributed by atoms with van der Waals surface area (Å²) in [5, 5.41) is 8.97.